The summed E-state index contributed by atoms with van der Waals surface area (Å²) in [7, 11) is 0. The van der Waals surface area contributed by atoms with Gasteiger partial charge in [-0.2, -0.15) is 0 Å². The molecule has 0 unspecified atom stereocenters. The summed E-state index contributed by atoms with van der Waals surface area (Å²) < 4.78 is 17.5. The lowest BCUT2D eigenvalue weighted by Gasteiger charge is -2.56. The Labute approximate surface area is 148 Å². The van der Waals surface area contributed by atoms with Gasteiger partial charge >= 0.3 is 5.97 Å². The summed E-state index contributed by atoms with van der Waals surface area (Å²) in [6.07, 6.45) is 5.89. The van der Waals surface area contributed by atoms with E-state index >= 15 is 0 Å². The van der Waals surface area contributed by atoms with Crippen LogP contribution in [-0.2, 0) is 23.8 Å². The van der Waals surface area contributed by atoms with Crippen molar-refractivity contribution >= 4 is 11.8 Å². The summed E-state index contributed by atoms with van der Waals surface area (Å²) in [4.78, 5) is 24.9. The first-order valence-electron chi connectivity index (χ1n) is 9.53. The molecule has 0 aromatic rings. The van der Waals surface area contributed by atoms with E-state index in [1.165, 1.54) is 0 Å². The summed E-state index contributed by atoms with van der Waals surface area (Å²) in [6, 6.07) is 0. The zero-order valence-corrected chi connectivity index (χ0v) is 15.2. The van der Waals surface area contributed by atoms with Gasteiger partial charge in [-0.25, -0.2) is 0 Å². The van der Waals surface area contributed by atoms with E-state index in [0.717, 1.165) is 37.7 Å². The summed E-state index contributed by atoms with van der Waals surface area (Å²) in [5.41, 5.74) is 0.282. The highest BCUT2D eigenvalue weighted by Crippen LogP contribution is 2.62. The van der Waals surface area contributed by atoms with E-state index in [-0.39, 0.29) is 40.8 Å². The smallest absolute Gasteiger partial charge is 0.311 e. The fraction of sp³-hybridized carbons (Fsp3) is 0.800. The lowest BCUT2D eigenvalue weighted by molar-refractivity contribution is -0.169. The van der Waals surface area contributed by atoms with Gasteiger partial charge < -0.3 is 14.2 Å². The number of fused-ring (bicyclic) bond motifs is 5. The first-order valence-corrected chi connectivity index (χ1v) is 9.53. The van der Waals surface area contributed by atoms with Crippen molar-refractivity contribution in [3.63, 3.8) is 0 Å². The normalized spacial score (nSPS) is 50.3. The Morgan fingerprint density at radius 3 is 2.72 bits per heavy atom. The molecule has 6 atom stereocenters. The van der Waals surface area contributed by atoms with Crippen LogP contribution in [0.2, 0.25) is 0 Å². The molecule has 0 aromatic heterocycles. The summed E-state index contributed by atoms with van der Waals surface area (Å²) in [5.74, 6) is 0.293. The molecule has 0 N–H and O–H groups in total. The van der Waals surface area contributed by atoms with Crippen LogP contribution in [0.1, 0.15) is 59.3 Å². The van der Waals surface area contributed by atoms with Crippen molar-refractivity contribution in [3.05, 3.63) is 11.6 Å². The number of ketones is 1. The van der Waals surface area contributed by atoms with E-state index in [9.17, 15) is 9.59 Å². The highest BCUT2D eigenvalue weighted by Gasteiger charge is 2.65. The number of carbonyl (C=O) groups is 2. The van der Waals surface area contributed by atoms with Crippen molar-refractivity contribution in [2.45, 2.75) is 77.5 Å². The maximum Gasteiger partial charge on any atom is 0.311 e. The van der Waals surface area contributed by atoms with Crippen LogP contribution in [0, 0.1) is 22.7 Å². The van der Waals surface area contributed by atoms with Crippen molar-refractivity contribution in [1.29, 1.82) is 0 Å². The van der Waals surface area contributed by atoms with Gasteiger partial charge in [-0.15, -0.1) is 0 Å². The Morgan fingerprint density at radius 2 is 1.92 bits per heavy atom. The van der Waals surface area contributed by atoms with Crippen molar-refractivity contribution in [1.82, 2.24) is 0 Å². The number of hydrogen-bond donors (Lipinski definition) is 0. The van der Waals surface area contributed by atoms with Gasteiger partial charge in [-0.3, -0.25) is 9.59 Å². The number of esters is 1. The molecule has 2 bridgehead atoms. The standard InChI is InChI=1S/C20H26O5/c1-18(2)6-4-7-19(3)12-5-8-20-10-14(22)23-17(20)24-16(25-20)11(12)9-13(21)15(18)19/h9,12,15-17H,4-8,10H2,1-3H3/t12-,15-,16-,17-,19+,20-/m1/s1. The third-order valence-electron chi connectivity index (χ3n) is 7.60. The van der Waals surface area contributed by atoms with Crippen LogP contribution < -0.4 is 0 Å². The molecule has 2 aliphatic carbocycles. The van der Waals surface area contributed by atoms with Crippen molar-refractivity contribution in [2.24, 2.45) is 22.7 Å². The summed E-state index contributed by atoms with van der Waals surface area (Å²) >= 11 is 0. The fourth-order valence-corrected chi connectivity index (χ4v) is 6.65. The predicted molar refractivity (Wildman–Crippen MR) is 88.2 cm³/mol. The number of carbonyl (C=O) groups excluding carboxylic acids is 2. The van der Waals surface area contributed by atoms with Gasteiger partial charge in [0.05, 0.1) is 6.42 Å². The van der Waals surface area contributed by atoms with Crippen LogP contribution in [0.4, 0.5) is 0 Å². The van der Waals surface area contributed by atoms with E-state index in [0.29, 0.717) is 0 Å². The van der Waals surface area contributed by atoms with Crippen LogP contribution >= 0.6 is 0 Å². The molecular weight excluding hydrogens is 320 g/mol. The molecule has 0 amide bonds. The molecule has 5 rings (SSSR count). The van der Waals surface area contributed by atoms with E-state index < -0.39 is 18.2 Å². The summed E-state index contributed by atoms with van der Waals surface area (Å²) in [6.45, 7) is 6.76. The molecule has 0 aromatic carbocycles. The van der Waals surface area contributed by atoms with Gasteiger partial charge in [0, 0.05) is 5.92 Å². The topological polar surface area (TPSA) is 61.8 Å². The van der Waals surface area contributed by atoms with E-state index in [1.807, 2.05) is 0 Å². The lowest BCUT2D eigenvalue weighted by atomic mass is 9.47. The Balaban J connectivity index is 1.58. The van der Waals surface area contributed by atoms with Crippen molar-refractivity contribution in [3.8, 4) is 0 Å². The maximum atomic E-state index is 13.1. The maximum absolute atomic E-state index is 13.1. The van der Waals surface area contributed by atoms with Crippen LogP contribution in [0.3, 0.4) is 0 Å². The molecular formula is C20H26O5. The van der Waals surface area contributed by atoms with E-state index in [2.05, 4.69) is 20.8 Å². The van der Waals surface area contributed by atoms with Crippen LogP contribution in [-0.4, -0.2) is 29.9 Å². The zero-order chi connectivity index (χ0) is 17.6. The zero-order valence-electron chi connectivity index (χ0n) is 15.2. The molecule has 1 saturated carbocycles. The van der Waals surface area contributed by atoms with Crippen molar-refractivity contribution in [2.75, 3.05) is 0 Å². The third-order valence-corrected chi connectivity index (χ3v) is 7.60. The molecule has 5 heteroatoms. The Morgan fingerprint density at radius 1 is 1.12 bits per heavy atom. The minimum Gasteiger partial charge on any atom is -0.432 e. The second-order valence-electron chi connectivity index (χ2n) is 9.57. The average Bonchev–Trinajstić information content (AvgIpc) is 2.89. The second kappa shape index (κ2) is 4.74. The molecule has 5 nitrogen and oxygen atoms in total. The largest absolute Gasteiger partial charge is 0.432 e. The number of allylic oxidation sites excluding steroid dienone is 1. The van der Waals surface area contributed by atoms with Crippen molar-refractivity contribution < 1.29 is 23.8 Å². The first kappa shape index (κ1) is 16.0. The number of rotatable bonds is 0. The first-order chi connectivity index (χ1) is 11.8. The summed E-state index contributed by atoms with van der Waals surface area (Å²) in [5, 5.41) is 0. The molecule has 1 spiro atoms. The van der Waals surface area contributed by atoms with Crippen LogP contribution in [0.5, 0.6) is 0 Å². The molecule has 136 valence electrons. The molecule has 3 saturated heterocycles. The Bertz CT molecular complexity index is 694. The fourth-order valence-electron chi connectivity index (χ4n) is 6.65. The molecule has 3 heterocycles. The number of hydrogen-bond acceptors (Lipinski definition) is 5. The molecule has 0 radical (unpaired) electrons. The monoisotopic (exact) mass is 346 g/mol. The molecule has 3 aliphatic heterocycles. The van der Waals surface area contributed by atoms with Crippen LogP contribution in [0.25, 0.3) is 0 Å². The van der Waals surface area contributed by atoms with Crippen LogP contribution in [0.15, 0.2) is 11.6 Å². The van der Waals surface area contributed by atoms with Gasteiger partial charge in [0.15, 0.2) is 12.1 Å². The highest BCUT2D eigenvalue weighted by atomic mass is 16.8. The van der Waals surface area contributed by atoms with E-state index in [1.54, 1.807) is 6.08 Å². The van der Waals surface area contributed by atoms with Gasteiger partial charge in [0.2, 0.25) is 6.29 Å². The lowest BCUT2D eigenvalue weighted by Crippen LogP contribution is -2.53. The third kappa shape index (κ3) is 1.97. The minimum atomic E-state index is -0.654. The SMILES string of the molecule is CC1(C)CCC[C@@]2(C)[C@@H]3CC[C@@]45CC(=O)O[C@@H]4O[C@H](O5)C3=CC(=O)[C@H]12. The predicted octanol–water partition coefficient (Wildman–Crippen LogP) is 3.12. The van der Waals surface area contributed by atoms with E-state index in [4.69, 9.17) is 14.2 Å². The molecule has 25 heavy (non-hydrogen) atoms. The van der Waals surface area contributed by atoms with Gasteiger partial charge in [-0.05, 0) is 54.1 Å². The quantitative estimate of drug-likeness (QED) is 0.631. The molecule has 5 aliphatic rings. The van der Waals surface area contributed by atoms with Gasteiger partial charge in [0.25, 0.3) is 0 Å². The van der Waals surface area contributed by atoms with Gasteiger partial charge in [-0.1, -0.05) is 27.2 Å². The minimum absolute atomic E-state index is 0.0202. The Kier molecular flexibility index (Phi) is 3.04. The average molecular weight is 346 g/mol. The van der Waals surface area contributed by atoms with Gasteiger partial charge in [0.1, 0.15) is 5.60 Å². The second-order valence-corrected chi connectivity index (χ2v) is 9.57. The molecule has 4 fully saturated rings. The number of ether oxygens (including phenoxy) is 3. The highest BCUT2D eigenvalue weighted by molar-refractivity contribution is 5.95. The Hall–Kier alpha value is -1.20.